The maximum Gasteiger partial charge on any atom is 0.316 e. The van der Waals surface area contributed by atoms with Crippen LogP contribution >= 0.6 is 0 Å². The van der Waals surface area contributed by atoms with Crippen molar-refractivity contribution in [3.8, 4) is 5.75 Å². The summed E-state index contributed by atoms with van der Waals surface area (Å²) in [5.74, 6) is 0.367. The van der Waals surface area contributed by atoms with Crippen molar-refractivity contribution in [2.24, 2.45) is 5.41 Å². The third-order valence-electron chi connectivity index (χ3n) is 3.14. The normalized spacial score (nSPS) is 11.4. The lowest BCUT2D eigenvalue weighted by Crippen LogP contribution is -2.25. The Hall–Kier alpha value is -2.03. The van der Waals surface area contributed by atoms with Gasteiger partial charge in [0.25, 0.3) is 0 Å². The maximum absolute atomic E-state index is 12.0. The number of fused-ring (bicyclic) bond motifs is 1. The molecule has 0 spiro atoms. The van der Waals surface area contributed by atoms with Crippen molar-refractivity contribution in [2.45, 2.75) is 20.8 Å². The van der Waals surface area contributed by atoms with Crippen LogP contribution in [0.4, 0.5) is 5.69 Å². The third-order valence-corrected chi connectivity index (χ3v) is 3.14. The van der Waals surface area contributed by atoms with Crippen molar-refractivity contribution in [1.29, 1.82) is 0 Å². The number of carbonyl (C=O) groups excluding carboxylic acids is 1. The Kier molecular flexibility index (Phi) is 3.71. The molecule has 20 heavy (non-hydrogen) atoms. The predicted molar refractivity (Wildman–Crippen MR) is 83.4 cm³/mol. The van der Waals surface area contributed by atoms with Crippen molar-refractivity contribution >= 4 is 22.4 Å². The minimum Gasteiger partial charge on any atom is -0.426 e. The highest BCUT2D eigenvalue weighted by molar-refractivity contribution is 5.95. The molecule has 0 heterocycles. The van der Waals surface area contributed by atoms with E-state index >= 15 is 0 Å². The van der Waals surface area contributed by atoms with E-state index in [1.165, 1.54) is 0 Å². The van der Waals surface area contributed by atoms with Gasteiger partial charge in [-0.3, -0.25) is 4.79 Å². The summed E-state index contributed by atoms with van der Waals surface area (Å²) in [6, 6.07) is 11.9. The fourth-order valence-corrected chi connectivity index (χ4v) is 1.95. The van der Waals surface area contributed by atoms with Gasteiger partial charge in [-0.15, -0.1) is 0 Å². The Balaban J connectivity index is 2.43. The molecule has 0 aliphatic carbocycles. The summed E-state index contributed by atoms with van der Waals surface area (Å²) < 4.78 is 5.46. The Morgan fingerprint density at radius 1 is 1.10 bits per heavy atom. The first-order chi connectivity index (χ1) is 9.29. The van der Waals surface area contributed by atoms with Crippen LogP contribution in [-0.4, -0.2) is 20.1 Å². The number of esters is 1. The first-order valence-corrected chi connectivity index (χ1v) is 6.71. The highest BCUT2D eigenvalue weighted by Crippen LogP contribution is 2.30. The Labute approximate surface area is 120 Å². The predicted octanol–water partition coefficient (Wildman–Crippen LogP) is 3.86. The fraction of sp³-hybridized carbons (Fsp3) is 0.353. The molecular weight excluding hydrogens is 250 g/mol. The molecule has 2 aromatic rings. The quantitative estimate of drug-likeness (QED) is 0.613. The van der Waals surface area contributed by atoms with Crippen LogP contribution in [0.15, 0.2) is 36.4 Å². The lowest BCUT2D eigenvalue weighted by atomic mass is 9.97. The molecular formula is C17H21NO2. The third kappa shape index (κ3) is 2.93. The van der Waals surface area contributed by atoms with E-state index < -0.39 is 5.41 Å². The molecule has 2 rings (SSSR count). The number of hydrogen-bond donors (Lipinski definition) is 0. The number of rotatable bonds is 2. The molecule has 0 saturated heterocycles. The molecule has 0 fully saturated rings. The van der Waals surface area contributed by atoms with E-state index in [2.05, 4.69) is 17.0 Å². The first kappa shape index (κ1) is 14.4. The van der Waals surface area contributed by atoms with Gasteiger partial charge in [-0.2, -0.15) is 0 Å². The number of anilines is 1. The second kappa shape index (κ2) is 5.16. The first-order valence-electron chi connectivity index (χ1n) is 6.71. The summed E-state index contributed by atoms with van der Waals surface area (Å²) in [5, 5.41) is 2.21. The number of carbonyl (C=O) groups is 1. The zero-order chi connectivity index (χ0) is 14.9. The summed E-state index contributed by atoms with van der Waals surface area (Å²) in [6.07, 6.45) is 0. The lowest BCUT2D eigenvalue weighted by molar-refractivity contribution is -0.142. The van der Waals surface area contributed by atoms with Gasteiger partial charge in [0.15, 0.2) is 0 Å². The molecule has 0 atom stereocenters. The van der Waals surface area contributed by atoms with E-state index in [0.717, 1.165) is 16.5 Å². The van der Waals surface area contributed by atoms with Crippen molar-refractivity contribution in [1.82, 2.24) is 0 Å². The Morgan fingerprint density at radius 2 is 1.80 bits per heavy atom. The van der Waals surface area contributed by atoms with Gasteiger partial charge in [0.05, 0.1) is 5.41 Å². The van der Waals surface area contributed by atoms with Crippen LogP contribution in [0.25, 0.3) is 10.8 Å². The van der Waals surface area contributed by atoms with Crippen LogP contribution in [0, 0.1) is 5.41 Å². The SMILES string of the molecule is CN(C)c1cccc2ccc(OC(=O)C(C)(C)C)cc12. The van der Waals surface area contributed by atoms with E-state index in [0.29, 0.717) is 5.75 Å². The second-order valence-corrected chi connectivity index (χ2v) is 6.19. The molecule has 3 heteroatoms. The topological polar surface area (TPSA) is 29.5 Å². The molecule has 0 aliphatic rings. The summed E-state index contributed by atoms with van der Waals surface area (Å²) >= 11 is 0. The number of benzene rings is 2. The van der Waals surface area contributed by atoms with Crippen LogP contribution < -0.4 is 9.64 Å². The van der Waals surface area contributed by atoms with Crippen molar-refractivity contribution in [2.75, 3.05) is 19.0 Å². The van der Waals surface area contributed by atoms with Gasteiger partial charge in [-0.25, -0.2) is 0 Å². The lowest BCUT2D eigenvalue weighted by Gasteiger charge is -2.18. The van der Waals surface area contributed by atoms with Crippen LogP contribution in [0.1, 0.15) is 20.8 Å². The molecule has 2 aromatic carbocycles. The number of hydrogen-bond acceptors (Lipinski definition) is 3. The maximum atomic E-state index is 12.0. The summed E-state index contributed by atoms with van der Waals surface area (Å²) in [7, 11) is 4.01. The summed E-state index contributed by atoms with van der Waals surface area (Å²) in [4.78, 5) is 14.0. The van der Waals surface area contributed by atoms with E-state index in [4.69, 9.17) is 4.74 Å². The number of ether oxygens (including phenoxy) is 1. The summed E-state index contributed by atoms with van der Waals surface area (Å²) in [5.41, 5.74) is 0.604. The Morgan fingerprint density at radius 3 is 2.40 bits per heavy atom. The van der Waals surface area contributed by atoms with Gasteiger partial charge in [-0.05, 0) is 44.4 Å². The fourth-order valence-electron chi connectivity index (χ4n) is 1.95. The molecule has 0 saturated carbocycles. The van der Waals surface area contributed by atoms with Gasteiger partial charge >= 0.3 is 5.97 Å². The monoisotopic (exact) mass is 271 g/mol. The van der Waals surface area contributed by atoms with Gasteiger partial charge in [-0.1, -0.05) is 18.2 Å². The second-order valence-electron chi connectivity index (χ2n) is 6.19. The molecule has 0 N–H and O–H groups in total. The van der Waals surface area contributed by atoms with Crippen molar-refractivity contribution in [3.63, 3.8) is 0 Å². The highest BCUT2D eigenvalue weighted by atomic mass is 16.5. The zero-order valence-corrected chi connectivity index (χ0v) is 12.7. The minimum atomic E-state index is -0.504. The average Bonchev–Trinajstić information content (AvgIpc) is 2.36. The Bertz CT molecular complexity index is 639. The van der Waals surface area contributed by atoms with Crippen molar-refractivity contribution < 1.29 is 9.53 Å². The summed E-state index contributed by atoms with van der Waals surface area (Å²) in [6.45, 7) is 5.55. The largest absolute Gasteiger partial charge is 0.426 e. The van der Waals surface area contributed by atoms with E-state index in [-0.39, 0.29) is 5.97 Å². The average molecular weight is 271 g/mol. The molecule has 0 unspecified atom stereocenters. The van der Waals surface area contributed by atoms with Crippen molar-refractivity contribution in [3.05, 3.63) is 36.4 Å². The standard InChI is InChI=1S/C17H21NO2/c1-17(2,3)16(19)20-13-10-9-12-7-6-8-15(18(4)5)14(12)11-13/h6-11H,1-5H3. The van der Waals surface area contributed by atoms with Crippen LogP contribution in [0.3, 0.4) is 0 Å². The molecule has 0 aromatic heterocycles. The molecule has 0 aliphatic heterocycles. The smallest absolute Gasteiger partial charge is 0.316 e. The minimum absolute atomic E-state index is 0.223. The number of nitrogens with zero attached hydrogens (tertiary/aromatic N) is 1. The molecule has 0 radical (unpaired) electrons. The van der Waals surface area contributed by atoms with Crippen LogP contribution in [-0.2, 0) is 4.79 Å². The van der Waals surface area contributed by atoms with Gasteiger partial charge in [0, 0.05) is 25.2 Å². The molecule has 3 nitrogen and oxygen atoms in total. The zero-order valence-electron chi connectivity index (χ0n) is 12.7. The molecule has 106 valence electrons. The van der Waals surface area contributed by atoms with Crippen LogP contribution in [0.2, 0.25) is 0 Å². The molecule has 0 bridgehead atoms. The van der Waals surface area contributed by atoms with Gasteiger partial charge < -0.3 is 9.64 Å². The van der Waals surface area contributed by atoms with E-state index in [1.54, 1.807) is 0 Å². The molecule has 0 amide bonds. The highest BCUT2D eigenvalue weighted by Gasteiger charge is 2.23. The van der Waals surface area contributed by atoms with E-state index in [9.17, 15) is 4.79 Å². The van der Waals surface area contributed by atoms with Crippen LogP contribution in [0.5, 0.6) is 5.75 Å². The van der Waals surface area contributed by atoms with E-state index in [1.807, 2.05) is 59.1 Å². The van der Waals surface area contributed by atoms with Gasteiger partial charge in [0.1, 0.15) is 5.75 Å². The van der Waals surface area contributed by atoms with Gasteiger partial charge in [0.2, 0.25) is 0 Å².